The predicted molar refractivity (Wildman–Crippen MR) is 64.1 cm³/mol. The highest BCUT2D eigenvalue weighted by Gasteiger charge is 1.99. The molecule has 3 heteroatoms. The fourth-order valence-electron chi connectivity index (χ4n) is 1.25. The van der Waals surface area contributed by atoms with E-state index in [1.54, 1.807) is 0 Å². The number of amidine groups is 1. The van der Waals surface area contributed by atoms with Gasteiger partial charge in [0.2, 0.25) is 0 Å². The lowest BCUT2D eigenvalue weighted by Crippen LogP contribution is -2.28. The summed E-state index contributed by atoms with van der Waals surface area (Å²) in [6.07, 6.45) is 2.57. The molecule has 84 valence electrons. The summed E-state index contributed by atoms with van der Waals surface area (Å²) in [7, 11) is 1.91. The van der Waals surface area contributed by atoms with Crippen LogP contribution < -0.4 is 5.32 Å². The summed E-state index contributed by atoms with van der Waals surface area (Å²) in [5.41, 5.74) is 0. The number of likely N-dealkylation sites (N-methyl/N-ethyl adjacent to an activating group) is 1. The van der Waals surface area contributed by atoms with Crippen LogP contribution in [0.4, 0.5) is 0 Å². The van der Waals surface area contributed by atoms with Crippen molar-refractivity contribution < 1.29 is 0 Å². The van der Waals surface area contributed by atoms with Crippen LogP contribution in [0, 0.1) is 0 Å². The van der Waals surface area contributed by atoms with Crippen LogP contribution in [0.5, 0.6) is 0 Å². The van der Waals surface area contributed by atoms with Crippen LogP contribution in [0.25, 0.3) is 0 Å². The van der Waals surface area contributed by atoms with Gasteiger partial charge in [-0.05, 0) is 26.4 Å². The molecule has 0 rings (SSSR count). The minimum absolute atomic E-state index is 0.907. The molecule has 0 unspecified atom stereocenters. The van der Waals surface area contributed by atoms with Crippen molar-refractivity contribution >= 4 is 5.84 Å². The van der Waals surface area contributed by atoms with Gasteiger partial charge in [-0.25, -0.2) is 0 Å². The van der Waals surface area contributed by atoms with E-state index in [1.165, 1.54) is 19.4 Å². The Bertz CT molecular complexity index is 155. The Hall–Kier alpha value is -0.570. The quantitative estimate of drug-likeness (QED) is 0.499. The summed E-state index contributed by atoms with van der Waals surface area (Å²) in [5.74, 6) is 1.02. The number of hydrogen-bond donors (Lipinski definition) is 1. The van der Waals surface area contributed by atoms with E-state index in [4.69, 9.17) is 0 Å². The van der Waals surface area contributed by atoms with E-state index < -0.39 is 0 Å². The van der Waals surface area contributed by atoms with E-state index >= 15 is 0 Å². The molecule has 0 heterocycles. The highest BCUT2D eigenvalue weighted by atomic mass is 15.1. The third-order valence-electron chi connectivity index (χ3n) is 2.40. The second-order valence-electron chi connectivity index (χ2n) is 3.50. The van der Waals surface area contributed by atoms with Crippen molar-refractivity contribution in [2.24, 2.45) is 4.99 Å². The van der Waals surface area contributed by atoms with Gasteiger partial charge in [0.1, 0.15) is 0 Å². The van der Waals surface area contributed by atoms with E-state index in [1.807, 2.05) is 14.0 Å². The van der Waals surface area contributed by atoms with Crippen LogP contribution in [-0.2, 0) is 0 Å². The molecule has 0 radical (unpaired) electrons. The summed E-state index contributed by atoms with van der Waals surface area (Å²) >= 11 is 0. The Morgan fingerprint density at radius 3 is 2.50 bits per heavy atom. The van der Waals surface area contributed by atoms with Gasteiger partial charge >= 0.3 is 0 Å². The van der Waals surface area contributed by atoms with Crippen molar-refractivity contribution in [3.63, 3.8) is 0 Å². The van der Waals surface area contributed by atoms with Crippen molar-refractivity contribution in [2.45, 2.75) is 33.6 Å². The summed E-state index contributed by atoms with van der Waals surface area (Å²) in [4.78, 5) is 6.86. The number of rotatable bonds is 7. The van der Waals surface area contributed by atoms with Crippen molar-refractivity contribution in [3.8, 4) is 0 Å². The Kier molecular flexibility index (Phi) is 8.64. The van der Waals surface area contributed by atoms with E-state index in [9.17, 15) is 0 Å². The van der Waals surface area contributed by atoms with Crippen LogP contribution in [0.3, 0.4) is 0 Å². The van der Waals surface area contributed by atoms with Gasteiger partial charge in [0.05, 0.1) is 12.4 Å². The van der Waals surface area contributed by atoms with Gasteiger partial charge in [0, 0.05) is 13.6 Å². The van der Waals surface area contributed by atoms with Crippen LogP contribution in [0.2, 0.25) is 0 Å². The zero-order valence-corrected chi connectivity index (χ0v) is 10.1. The lowest BCUT2D eigenvalue weighted by Gasteiger charge is -2.18. The highest BCUT2D eigenvalue weighted by Crippen LogP contribution is 1.94. The Balaban J connectivity index is 3.61. The molecule has 0 aliphatic heterocycles. The van der Waals surface area contributed by atoms with E-state index in [2.05, 4.69) is 29.1 Å². The average molecular weight is 199 g/mol. The minimum atomic E-state index is 0.907. The molecule has 3 nitrogen and oxygen atoms in total. The van der Waals surface area contributed by atoms with Gasteiger partial charge in [0.15, 0.2) is 0 Å². The van der Waals surface area contributed by atoms with Gasteiger partial charge in [-0.3, -0.25) is 4.99 Å². The van der Waals surface area contributed by atoms with E-state index in [0.717, 1.165) is 25.5 Å². The van der Waals surface area contributed by atoms with Crippen molar-refractivity contribution in [1.82, 2.24) is 10.2 Å². The summed E-state index contributed by atoms with van der Waals surface area (Å²) in [6.45, 7) is 10.8. The van der Waals surface area contributed by atoms with Gasteiger partial charge < -0.3 is 10.2 Å². The largest absolute Gasteiger partial charge is 0.377 e. The van der Waals surface area contributed by atoms with Crippen molar-refractivity contribution in [3.05, 3.63) is 0 Å². The smallest absolute Gasteiger partial charge is 0.0929 e. The molecular weight excluding hydrogens is 174 g/mol. The molecule has 0 aliphatic rings. The maximum absolute atomic E-state index is 4.40. The molecule has 0 aromatic heterocycles. The minimum Gasteiger partial charge on any atom is -0.377 e. The average Bonchev–Trinajstić information content (AvgIpc) is 2.22. The third-order valence-corrected chi connectivity index (χ3v) is 2.40. The molecule has 14 heavy (non-hydrogen) atoms. The first kappa shape index (κ1) is 13.4. The molecule has 0 atom stereocenters. The fraction of sp³-hybridized carbons (Fsp3) is 0.909. The lowest BCUT2D eigenvalue weighted by molar-refractivity contribution is 0.291. The SMILES string of the molecule is CCCCN(CC)CC/N=C(\C)NC. The van der Waals surface area contributed by atoms with Crippen LogP contribution >= 0.6 is 0 Å². The first-order valence-electron chi connectivity index (χ1n) is 5.65. The zero-order valence-electron chi connectivity index (χ0n) is 10.1. The van der Waals surface area contributed by atoms with E-state index in [-0.39, 0.29) is 0 Å². The number of unbranched alkanes of at least 4 members (excludes halogenated alkanes) is 1. The van der Waals surface area contributed by atoms with E-state index in [0.29, 0.717) is 0 Å². The summed E-state index contributed by atoms with van der Waals surface area (Å²) in [6, 6.07) is 0. The number of aliphatic imine (C=N–C) groups is 1. The van der Waals surface area contributed by atoms with Gasteiger partial charge in [-0.2, -0.15) is 0 Å². The standard InChI is InChI=1S/C11H25N3/c1-5-7-9-14(6-2)10-8-13-11(3)12-4/h5-10H2,1-4H3,(H,12,13). The second-order valence-corrected chi connectivity index (χ2v) is 3.50. The molecule has 0 bridgehead atoms. The topological polar surface area (TPSA) is 27.6 Å². The van der Waals surface area contributed by atoms with Crippen LogP contribution in [0.1, 0.15) is 33.6 Å². The highest BCUT2D eigenvalue weighted by molar-refractivity contribution is 5.79. The second kappa shape index (κ2) is 9.00. The van der Waals surface area contributed by atoms with Gasteiger partial charge in [0.25, 0.3) is 0 Å². The number of hydrogen-bond acceptors (Lipinski definition) is 2. The third kappa shape index (κ3) is 6.89. The van der Waals surface area contributed by atoms with Gasteiger partial charge in [-0.15, -0.1) is 0 Å². The van der Waals surface area contributed by atoms with Crippen molar-refractivity contribution in [1.29, 1.82) is 0 Å². The molecule has 0 spiro atoms. The summed E-state index contributed by atoms with van der Waals surface area (Å²) in [5, 5.41) is 3.03. The number of nitrogens with zero attached hydrogens (tertiary/aromatic N) is 2. The Labute approximate surface area is 88.6 Å². The molecule has 0 saturated heterocycles. The normalized spacial score (nSPS) is 12.2. The van der Waals surface area contributed by atoms with Crippen LogP contribution in [-0.4, -0.2) is 44.0 Å². The monoisotopic (exact) mass is 199 g/mol. The molecule has 0 aliphatic carbocycles. The maximum Gasteiger partial charge on any atom is 0.0929 e. The molecule has 1 N–H and O–H groups in total. The molecule has 0 amide bonds. The zero-order chi connectivity index (χ0) is 10.8. The lowest BCUT2D eigenvalue weighted by atomic mass is 10.3. The maximum atomic E-state index is 4.40. The molecular formula is C11H25N3. The summed E-state index contributed by atoms with van der Waals surface area (Å²) < 4.78 is 0. The van der Waals surface area contributed by atoms with Crippen molar-refractivity contribution in [2.75, 3.05) is 33.2 Å². The van der Waals surface area contributed by atoms with Gasteiger partial charge in [-0.1, -0.05) is 20.3 Å². The first-order chi connectivity index (χ1) is 6.74. The Morgan fingerprint density at radius 1 is 1.29 bits per heavy atom. The van der Waals surface area contributed by atoms with Crippen LogP contribution in [0.15, 0.2) is 4.99 Å². The first-order valence-corrected chi connectivity index (χ1v) is 5.65. The molecule has 0 aromatic rings. The molecule has 0 aromatic carbocycles. The predicted octanol–water partition coefficient (Wildman–Crippen LogP) is 1.75. The Morgan fingerprint density at radius 2 is 2.00 bits per heavy atom. The number of nitrogens with one attached hydrogen (secondary N) is 1. The molecule has 0 saturated carbocycles. The fourth-order valence-corrected chi connectivity index (χ4v) is 1.25. The molecule has 0 fully saturated rings.